The van der Waals surface area contributed by atoms with Gasteiger partial charge in [0.15, 0.2) is 0 Å². The molecule has 0 N–H and O–H groups in total. The molecule has 0 atom stereocenters. The molecule has 0 aliphatic carbocycles. The van der Waals surface area contributed by atoms with Crippen LogP contribution in [0.2, 0.25) is 5.02 Å². The van der Waals surface area contributed by atoms with E-state index in [1.54, 1.807) is 23.0 Å². The van der Waals surface area contributed by atoms with E-state index in [2.05, 4.69) is 4.98 Å². The molecule has 0 saturated carbocycles. The molecule has 0 spiro atoms. The number of hydrogen-bond donors (Lipinski definition) is 0. The van der Waals surface area contributed by atoms with Gasteiger partial charge in [0.05, 0.1) is 15.6 Å². The van der Waals surface area contributed by atoms with Gasteiger partial charge in [-0.2, -0.15) is 0 Å². The first-order chi connectivity index (χ1) is 7.59. The number of nitro benzene ring substituents is 1. The SMILES string of the molecule is Cc1nccn1-c1ccc([N+](=O)[O-])cc1Cl. The molecule has 5 nitrogen and oxygen atoms in total. The molecular weight excluding hydrogens is 230 g/mol. The van der Waals surface area contributed by atoms with Crippen LogP contribution >= 0.6 is 11.6 Å². The monoisotopic (exact) mass is 237 g/mol. The Kier molecular flexibility index (Phi) is 2.62. The summed E-state index contributed by atoms with van der Waals surface area (Å²) < 4.78 is 1.77. The summed E-state index contributed by atoms with van der Waals surface area (Å²) in [5.74, 6) is 0.774. The summed E-state index contributed by atoms with van der Waals surface area (Å²) in [6, 6.07) is 4.35. The molecule has 0 bridgehead atoms. The first-order valence-electron chi connectivity index (χ1n) is 4.54. The van der Waals surface area contributed by atoms with Crippen molar-refractivity contribution in [2.45, 2.75) is 6.92 Å². The Bertz CT molecular complexity index is 551. The van der Waals surface area contributed by atoms with Crippen LogP contribution in [0.5, 0.6) is 0 Å². The van der Waals surface area contributed by atoms with Crippen LogP contribution in [0.1, 0.15) is 5.82 Å². The van der Waals surface area contributed by atoms with E-state index in [1.807, 2.05) is 6.92 Å². The molecule has 1 aromatic heterocycles. The van der Waals surface area contributed by atoms with Crippen molar-refractivity contribution < 1.29 is 4.92 Å². The maximum absolute atomic E-state index is 10.5. The average molecular weight is 238 g/mol. The molecule has 2 rings (SSSR count). The minimum atomic E-state index is -0.476. The number of aryl methyl sites for hydroxylation is 1. The maximum atomic E-state index is 10.5. The Labute approximate surface area is 96.4 Å². The van der Waals surface area contributed by atoms with Crippen LogP contribution in [0, 0.1) is 17.0 Å². The van der Waals surface area contributed by atoms with E-state index in [4.69, 9.17) is 11.6 Å². The zero-order valence-electron chi connectivity index (χ0n) is 8.42. The topological polar surface area (TPSA) is 61.0 Å². The molecule has 6 heteroatoms. The Morgan fingerprint density at radius 1 is 1.50 bits per heavy atom. The van der Waals surface area contributed by atoms with Crippen molar-refractivity contribution in [1.82, 2.24) is 9.55 Å². The van der Waals surface area contributed by atoms with Gasteiger partial charge >= 0.3 is 0 Å². The maximum Gasteiger partial charge on any atom is 0.271 e. The van der Waals surface area contributed by atoms with Crippen LogP contribution in [-0.4, -0.2) is 14.5 Å². The predicted octanol–water partition coefficient (Wildman–Crippen LogP) is 2.74. The quantitative estimate of drug-likeness (QED) is 0.596. The average Bonchev–Trinajstić information content (AvgIpc) is 2.64. The summed E-state index contributed by atoms with van der Waals surface area (Å²) in [5.41, 5.74) is 0.661. The number of benzene rings is 1. The summed E-state index contributed by atoms with van der Waals surface area (Å²) in [4.78, 5) is 14.1. The number of nitrogens with zero attached hydrogens (tertiary/aromatic N) is 3. The second-order valence-corrected chi connectivity index (χ2v) is 3.64. The molecule has 0 amide bonds. The highest BCUT2D eigenvalue weighted by Gasteiger charge is 2.11. The Morgan fingerprint density at radius 2 is 2.25 bits per heavy atom. The number of imidazole rings is 1. The van der Waals surface area contributed by atoms with E-state index in [0.29, 0.717) is 10.7 Å². The van der Waals surface area contributed by atoms with Crippen LogP contribution in [0.3, 0.4) is 0 Å². The molecule has 0 aliphatic rings. The largest absolute Gasteiger partial charge is 0.302 e. The fourth-order valence-corrected chi connectivity index (χ4v) is 1.70. The fraction of sp³-hybridized carbons (Fsp3) is 0.100. The van der Waals surface area contributed by atoms with Crippen LogP contribution < -0.4 is 0 Å². The lowest BCUT2D eigenvalue weighted by atomic mass is 10.3. The molecule has 2 aromatic rings. The van der Waals surface area contributed by atoms with Crippen molar-refractivity contribution >= 4 is 17.3 Å². The van der Waals surface area contributed by atoms with Crippen molar-refractivity contribution in [2.75, 3.05) is 0 Å². The first-order valence-corrected chi connectivity index (χ1v) is 4.91. The van der Waals surface area contributed by atoms with E-state index in [9.17, 15) is 10.1 Å². The number of non-ortho nitro benzene ring substituents is 1. The summed E-state index contributed by atoms with van der Waals surface area (Å²) in [7, 11) is 0. The Morgan fingerprint density at radius 3 is 2.75 bits per heavy atom. The molecule has 0 fully saturated rings. The summed E-state index contributed by atoms with van der Waals surface area (Å²) in [6.07, 6.45) is 3.40. The van der Waals surface area contributed by atoms with E-state index < -0.39 is 4.92 Å². The van der Waals surface area contributed by atoms with Crippen LogP contribution in [0.15, 0.2) is 30.6 Å². The van der Waals surface area contributed by atoms with Crippen LogP contribution in [0.4, 0.5) is 5.69 Å². The molecule has 1 aromatic carbocycles. The number of hydrogen-bond acceptors (Lipinski definition) is 3. The summed E-state index contributed by atoms with van der Waals surface area (Å²) >= 11 is 5.98. The molecule has 16 heavy (non-hydrogen) atoms. The van der Waals surface area contributed by atoms with Gasteiger partial charge in [-0.25, -0.2) is 4.98 Å². The molecule has 0 radical (unpaired) electrons. The fourth-order valence-electron chi connectivity index (χ4n) is 1.44. The summed E-state index contributed by atoms with van der Waals surface area (Å²) in [5, 5.41) is 10.9. The molecule has 0 aliphatic heterocycles. The predicted molar refractivity (Wildman–Crippen MR) is 60.0 cm³/mol. The smallest absolute Gasteiger partial charge is 0.271 e. The van der Waals surface area contributed by atoms with Crippen LogP contribution in [-0.2, 0) is 0 Å². The number of rotatable bonds is 2. The van der Waals surface area contributed by atoms with Gasteiger partial charge in [0, 0.05) is 24.5 Å². The van der Waals surface area contributed by atoms with Gasteiger partial charge in [0.2, 0.25) is 0 Å². The normalized spacial score (nSPS) is 10.4. The molecular formula is C10H8ClN3O2. The van der Waals surface area contributed by atoms with E-state index in [0.717, 1.165) is 5.82 Å². The van der Waals surface area contributed by atoms with E-state index >= 15 is 0 Å². The van der Waals surface area contributed by atoms with Crippen molar-refractivity contribution in [1.29, 1.82) is 0 Å². The second kappa shape index (κ2) is 3.94. The van der Waals surface area contributed by atoms with Gasteiger partial charge < -0.3 is 4.57 Å². The lowest BCUT2D eigenvalue weighted by Crippen LogP contribution is -1.97. The minimum absolute atomic E-state index is 0.0217. The van der Waals surface area contributed by atoms with Gasteiger partial charge in [-0.05, 0) is 13.0 Å². The molecule has 0 saturated heterocycles. The molecule has 0 unspecified atom stereocenters. The van der Waals surface area contributed by atoms with Crippen molar-refractivity contribution in [2.24, 2.45) is 0 Å². The van der Waals surface area contributed by atoms with Gasteiger partial charge in [-0.15, -0.1) is 0 Å². The number of aromatic nitrogens is 2. The standard InChI is InChI=1S/C10H8ClN3O2/c1-7-12-4-5-13(7)10-3-2-8(14(15)16)6-9(10)11/h2-6H,1H3. The summed E-state index contributed by atoms with van der Waals surface area (Å²) in [6.45, 7) is 1.83. The zero-order valence-corrected chi connectivity index (χ0v) is 9.18. The van der Waals surface area contributed by atoms with Crippen molar-refractivity contribution in [3.05, 3.63) is 51.6 Å². The third-order valence-electron chi connectivity index (χ3n) is 2.23. The number of nitro groups is 1. The van der Waals surface area contributed by atoms with Crippen molar-refractivity contribution in [3.63, 3.8) is 0 Å². The third kappa shape index (κ3) is 1.77. The highest BCUT2D eigenvalue weighted by atomic mass is 35.5. The van der Waals surface area contributed by atoms with Crippen molar-refractivity contribution in [3.8, 4) is 5.69 Å². The van der Waals surface area contributed by atoms with Gasteiger partial charge in [0.25, 0.3) is 5.69 Å². The lowest BCUT2D eigenvalue weighted by Gasteiger charge is -2.06. The van der Waals surface area contributed by atoms with E-state index in [1.165, 1.54) is 12.1 Å². The highest BCUT2D eigenvalue weighted by molar-refractivity contribution is 6.32. The van der Waals surface area contributed by atoms with Gasteiger partial charge in [0.1, 0.15) is 5.82 Å². The van der Waals surface area contributed by atoms with Crippen LogP contribution in [0.25, 0.3) is 5.69 Å². The van der Waals surface area contributed by atoms with Gasteiger partial charge in [-0.1, -0.05) is 11.6 Å². The lowest BCUT2D eigenvalue weighted by molar-refractivity contribution is -0.384. The Balaban J connectivity index is 2.52. The highest BCUT2D eigenvalue weighted by Crippen LogP contribution is 2.26. The third-order valence-corrected chi connectivity index (χ3v) is 2.53. The minimum Gasteiger partial charge on any atom is -0.302 e. The Hall–Kier alpha value is -1.88. The van der Waals surface area contributed by atoms with E-state index in [-0.39, 0.29) is 5.69 Å². The zero-order chi connectivity index (χ0) is 11.7. The second-order valence-electron chi connectivity index (χ2n) is 3.24. The van der Waals surface area contributed by atoms with Gasteiger partial charge in [-0.3, -0.25) is 10.1 Å². The number of halogens is 1. The molecule has 1 heterocycles. The first kappa shape index (κ1) is 10.6. The molecule has 82 valence electrons.